The fourth-order valence-corrected chi connectivity index (χ4v) is 1.54. The number of hydrogen-bond acceptors (Lipinski definition) is 2. The SMILES string of the molecule is Cc1cccc(-c2nc(CBr)co2)c1. The van der Waals surface area contributed by atoms with Crippen molar-refractivity contribution >= 4 is 15.9 Å². The van der Waals surface area contributed by atoms with Crippen LogP contribution in [0, 0.1) is 6.92 Å². The summed E-state index contributed by atoms with van der Waals surface area (Å²) in [6, 6.07) is 8.11. The van der Waals surface area contributed by atoms with Gasteiger partial charge < -0.3 is 4.42 Å². The molecule has 0 aliphatic heterocycles. The number of hydrogen-bond donors (Lipinski definition) is 0. The lowest BCUT2D eigenvalue weighted by Crippen LogP contribution is -1.80. The molecule has 0 fully saturated rings. The summed E-state index contributed by atoms with van der Waals surface area (Å²) in [4.78, 5) is 4.33. The van der Waals surface area contributed by atoms with Gasteiger partial charge in [-0.25, -0.2) is 4.98 Å². The first kappa shape index (κ1) is 9.46. The van der Waals surface area contributed by atoms with Crippen molar-refractivity contribution < 1.29 is 4.42 Å². The number of aromatic nitrogens is 1. The zero-order valence-electron chi connectivity index (χ0n) is 7.83. The number of benzene rings is 1. The highest BCUT2D eigenvalue weighted by molar-refractivity contribution is 9.08. The number of aryl methyl sites for hydroxylation is 1. The van der Waals surface area contributed by atoms with Gasteiger partial charge in [0.2, 0.25) is 5.89 Å². The molecule has 1 aromatic heterocycles. The van der Waals surface area contributed by atoms with Crippen molar-refractivity contribution in [1.29, 1.82) is 0 Å². The molecular formula is C11H10BrNO. The van der Waals surface area contributed by atoms with Gasteiger partial charge in [-0.2, -0.15) is 0 Å². The molecule has 14 heavy (non-hydrogen) atoms. The predicted molar refractivity (Wildman–Crippen MR) is 59.3 cm³/mol. The maximum absolute atomic E-state index is 5.36. The van der Waals surface area contributed by atoms with Crippen LogP contribution < -0.4 is 0 Å². The summed E-state index contributed by atoms with van der Waals surface area (Å²) in [7, 11) is 0. The van der Waals surface area contributed by atoms with E-state index in [2.05, 4.69) is 40.0 Å². The fourth-order valence-electron chi connectivity index (χ4n) is 1.28. The van der Waals surface area contributed by atoms with E-state index in [1.165, 1.54) is 5.56 Å². The Balaban J connectivity index is 2.39. The second-order valence-corrected chi connectivity index (χ2v) is 3.71. The van der Waals surface area contributed by atoms with E-state index in [4.69, 9.17) is 4.42 Å². The zero-order valence-corrected chi connectivity index (χ0v) is 9.41. The molecule has 0 saturated carbocycles. The van der Waals surface area contributed by atoms with Gasteiger partial charge in [0.15, 0.2) is 0 Å². The molecule has 0 saturated heterocycles. The van der Waals surface area contributed by atoms with Crippen LogP contribution >= 0.6 is 15.9 Å². The van der Waals surface area contributed by atoms with Crippen LogP contribution in [0.3, 0.4) is 0 Å². The Morgan fingerprint density at radius 3 is 2.93 bits per heavy atom. The number of halogens is 1. The summed E-state index contributed by atoms with van der Waals surface area (Å²) in [5.74, 6) is 0.683. The normalized spacial score (nSPS) is 10.4. The maximum Gasteiger partial charge on any atom is 0.226 e. The van der Waals surface area contributed by atoms with Crippen molar-refractivity contribution in [1.82, 2.24) is 4.98 Å². The van der Waals surface area contributed by atoms with Gasteiger partial charge in [-0.3, -0.25) is 0 Å². The van der Waals surface area contributed by atoms with E-state index in [-0.39, 0.29) is 0 Å². The molecule has 0 N–H and O–H groups in total. The molecule has 0 amide bonds. The molecule has 72 valence electrons. The predicted octanol–water partition coefficient (Wildman–Crippen LogP) is 3.54. The minimum Gasteiger partial charge on any atom is -0.444 e. The molecule has 1 aromatic carbocycles. The smallest absolute Gasteiger partial charge is 0.226 e. The van der Waals surface area contributed by atoms with E-state index in [0.29, 0.717) is 5.89 Å². The van der Waals surface area contributed by atoms with Gasteiger partial charge in [0.1, 0.15) is 6.26 Å². The van der Waals surface area contributed by atoms with E-state index in [9.17, 15) is 0 Å². The molecular weight excluding hydrogens is 242 g/mol. The Morgan fingerprint density at radius 1 is 1.43 bits per heavy atom. The van der Waals surface area contributed by atoms with Crippen LogP contribution in [0.1, 0.15) is 11.3 Å². The Kier molecular flexibility index (Phi) is 2.68. The summed E-state index contributed by atoms with van der Waals surface area (Å²) in [5, 5.41) is 0.725. The minimum atomic E-state index is 0.683. The van der Waals surface area contributed by atoms with Crippen LogP contribution in [0.5, 0.6) is 0 Å². The molecule has 2 aromatic rings. The first-order valence-corrected chi connectivity index (χ1v) is 5.49. The lowest BCUT2D eigenvalue weighted by Gasteiger charge is -1.95. The van der Waals surface area contributed by atoms with Crippen LogP contribution in [0.15, 0.2) is 34.9 Å². The van der Waals surface area contributed by atoms with Gasteiger partial charge in [0.05, 0.1) is 5.69 Å². The summed E-state index contributed by atoms with van der Waals surface area (Å²) in [6.07, 6.45) is 1.67. The molecule has 0 radical (unpaired) electrons. The monoisotopic (exact) mass is 251 g/mol. The largest absolute Gasteiger partial charge is 0.444 e. The van der Waals surface area contributed by atoms with Crippen LogP contribution in [-0.4, -0.2) is 4.98 Å². The fraction of sp³-hybridized carbons (Fsp3) is 0.182. The number of alkyl halides is 1. The van der Waals surface area contributed by atoms with Gasteiger partial charge >= 0.3 is 0 Å². The molecule has 0 atom stereocenters. The molecule has 2 rings (SSSR count). The highest BCUT2D eigenvalue weighted by Gasteiger charge is 2.05. The minimum absolute atomic E-state index is 0.683. The highest BCUT2D eigenvalue weighted by Crippen LogP contribution is 2.20. The number of rotatable bonds is 2. The summed E-state index contributed by atoms with van der Waals surface area (Å²) < 4.78 is 5.36. The van der Waals surface area contributed by atoms with Crippen molar-refractivity contribution in [2.45, 2.75) is 12.3 Å². The third-order valence-electron chi connectivity index (χ3n) is 1.95. The lowest BCUT2D eigenvalue weighted by atomic mass is 10.1. The lowest BCUT2D eigenvalue weighted by molar-refractivity contribution is 0.573. The molecule has 0 aliphatic rings. The average molecular weight is 252 g/mol. The van der Waals surface area contributed by atoms with Crippen molar-refractivity contribution in [3.8, 4) is 11.5 Å². The van der Waals surface area contributed by atoms with Crippen molar-refractivity contribution in [2.24, 2.45) is 0 Å². The van der Waals surface area contributed by atoms with Crippen LogP contribution in [0.2, 0.25) is 0 Å². The van der Waals surface area contributed by atoms with Gasteiger partial charge in [0, 0.05) is 10.9 Å². The van der Waals surface area contributed by atoms with E-state index in [1.54, 1.807) is 6.26 Å². The molecule has 0 unspecified atom stereocenters. The zero-order chi connectivity index (χ0) is 9.97. The molecule has 2 nitrogen and oxygen atoms in total. The topological polar surface area (TPSA) is 26.0 Å². The summed E-state index contributed by atoms with van der Waals surface area (Å²) >= 11 is 3.34. The first-order valence-electron chi connectivity index (χ1n) is 4.37. The molecule has 0 bridgehead atoms. The molecule has 1 heterocycles. The maximum atomic E-state index is 5.36. The van der Waals surface area contributed by atoms with E-state index in [0.717, 1.165) is 16.6 Å². The van der Waals surface area contributed by atoms with Crippen LogP contribution in [0.4, 0.5) is 0 Å². The standard InChI is InChI=1S/C11H10BrNO/c1-8-3-2-4-9(5-8)11-13-10(6-12)7-14-11/h2-5,7H,6H2,1H3. The van der Waals surface area contributed by atoms with Gasteiger partial charge in [0.25, 0.3) is 0 Å². The molecule has 0 aliphatic carbocycles. The van der Waals surface area contributed by atoms with Gasteiger partial charge in [-0.05, 0) is 19.1 Å². The van der Waals surface area contributed by atoms with Crippen LogP contribution in [-0.2, 0) is 5.33 Å². The quantitative estimate of drug-likeness (QED) is 0.764. The summed E-state index contributed by atoms with van der Waals surface area (Å²) in [6.45, 7) is 2.05. The van der Waals surface area contributed by atoms with E-state index >= 15 is 0 Å². The number of nitrogens with zero attached hydrogens (tertiary/aromatic N) is 1. The van der Waals surface area contributed by atoms with Crippen LogP contribution in [0.25, 0.3) is 11.5 Å². The second-order valence-electron chi connectivity index (χ2n) is 3.15. The third kappa shape index (κ3) is 1.87. The Hall–Kier alpha value is -1.09. The average Bonchev–Trinajstić information content (AvgIpc) is 2.66. The van der Waals surface area contributed by atoms with E-state index < -0.39 is 0 Å². The third-order valence-corrected chi connectivity index (χ3v) is 2.53. The molecule has 3 heteroatoms. The van der Waals surface area contributed by atoms with Crippen molar-refractivity contribution in [2.75, 3.05) is 0 Å². The first-order chi connectivity index (χ1) is 6.79. The number of oxazole rings is 1. The van der Waals surface area contributed by atoms with Crippen molar-refractivity contribution in [3.05, 3.63) is 41.8 Å². The van der Waals surface area contributed by atoms with Gasteiger partial charge in [-0.1, -0.05) is 33.6 Å². The Bertz CT molecular complexity index is 436. The second kappa shape index (κ2) is 3.96. The van der Waals surface area contributed by atoms with Gasteiger partial charge in [-0.15, -0.1) is 0 Å². The highest BCUT2D eigenvalue weighted by atomic mass is 79.9. The van der Waals surface area contributed by atoms with Crippen molar-refractivity contribution in [3.63, 3.8) is 0 Å². The Morgan fingerprint density at radius 2 is 2.29 bits per heavy atom. The molecule has 0 spiro atoms. The Labute approximate surface area is 91.1 Å². The summed E-state index contributed by atoms with van der Waals surface area (Å²) in [5.41, 5.74) is 3.15. The van der Waals surface area contributed by atoms with E-state index in [1.807, 2.05) is 12.1 Å².